The van der Waals surface area contributed by atoms with Crippen LogP contribution in [0.15, 0.2) is 24.3 Å². The summed E-state index contributed by atoms with van der Waals surface area (Å²) >= 11 is 0. The molecule has 1 aromatic carbocycles. The summed E-state index contributed by atoms with van der Waals surface area (Å²) in [4.78, 5) is 2.45. The lowest BCUT2D eigenvalue weighted by atomic mass is 10.1. The van der Waals surface area contributed by atoms with Crippen LogP contribution in [0.4, 0.5) is 0 Å². The molecule has 0 aliphatic carbocycles. The van der Waals surface area contributed by atoms with Crippen molar-refractivity contribution in [2.45, 2.75) is 26.4 Å². The Morgan fingerprint density at radius 1 is 1.17 bits per heavy atom. The highest BCUT2D eigenvalue weighted by Gasteiger charge is 2.27. The van der Waals surface area contributed by atoms with E-state index in [1.165, 1.54) is 13.0 Å². The zero-order chi connectivity index (χ0) is 13.0. The third-order valence-corrected chi connectivity index (χ3v) is 3.31. The van der Waals surface area contributed by atoms with E-state index >= 15 is 0 Å². The van der Waals surface area contributed by atoms with Crippen molar-refractivity contribution in [3.05, 3.63) is 24.3 Å². The van der Waals surface area contributed by atoms with Crippen LogP contribution in [0, 0.1) is 5.92 Å². The van der Waals surface area contributed by atoms with Gasteiger partial charge >= 0.3 is 0 Å². The first kappa shape index (κ1) is 13.2. The first-order chi connectivity index (χ1) is 8.67. The first-order valence-corrected chi connectivity index (χ1v) is 6.70. The van der Waals surface area contributed by atoms with Crippen molar-refractivity contribution in [1.82, 2.24) is 4.90 Å². The lowest BCUT2D eigenvalue weighted by Crippen LogP contribution is -2.54. The number of ether oxygens (including phenoxy) is 2. The van der Waals surface area contributed by atoms with Crippen LogP contribution in [0.2, 0.25) is 0 Å². The Hall–Kier alpha value is -1.22. The minimum absolute atomic E-state index is 0.352. The van der Waals surface area contributed by atoms with Crippen LogP contribution in [0.1, 0.15) is 20.3 Å². The summed E-state index contributed by atoms with van der Waals surface area (Å²) in [5.74, 6) is 2.59. The summed E-state index contributed by atoms with van der Waals surface area (Å²) in [6, 6.07) is 7.81. The number of hydrogen-bond acceptors (Lipinski definition) is 3. The molecule has 0 unspecified atom stereocenters. The van der Waals surface area contributed by atoms with Crippen molar-refractivity contribution < 1.29 is 9.47 Å². The van der Waals surface area contributed by atoms with Crippen LogP contribution in [0.25, 0.3) is 0 Å². The Bertz CT molecular complexity index is 355. The van der Waals surface area contributed by atoms with Gasteiger partial charge in [-0.05, 0) is 43.1 Å². The highest BCUT2D eigenvalue weighted by molar-refractivity contribution is 5.31. The SMILES string of the molecule is COc1ccc(OC2CN(CCC(C)C)C2)cc1. The number of likely N-dealkylation sites (tertiary alicyclic amines) is 1. The second-order valence-electron chi connectivity index (χ2n) is 5.36. The zero-order valence-electron chi connectivity index (χ0n) is 11.6. The molecular formula is C15H23NO2. The van der Waals surface area contributed by atoms with Gasteiger partial charge < -0.3 is 9.47 Å². The van der Waals surface area contributed by atoms with E-state index in [1.807, 2.05) is 24.3 Å². The topological polar surface area (TPSA) is 21.7 Å². The largest absolute Gasteiger partial charge is 0.497 e. The number of nitrogens with zero attached hydrogens (tertiary/aromatic N) is 1. The second-order valence-corrected chi connectivity index (χ2v) is 5.36. The Kier molecular flexibility index (Phi) is 4.48. The van der Waals surface area contributed by atoms with E-state index in [0.29, 0.717) is 6.10 Å². The standard InChI is InChI=1S/C15H23NO2/c1-12(2)8-9-16-10-15(11-16)18-14-6-4-13(17-3)5-7-14/h4-7,12,15H,8-11H2,1-3H3. The Morgan fingerprint density at radius 2 is 1.78 bits per heavy atom. The van der Waals surface area contributed by atoms with Crippen molar-refractivity contribution in [3.63, 3.8) is 0 Å². The average molecular weight is 249 g/mol. The normalized spacial score (nSPS) is 16.7. The monoisotopic (exact) mass is 249 g/mol. The Morgan fingerprint density at radius 3 is 2.33 bits per heavy atom. The molecule has 3 nitrogen and oxygen atoms in total. The van der Waals surface area contributed by atoms with Gasteiger partial charge in [0.2, 0.25) is 0 Å². The zero-order valence-corrected chi connectivity index (χ0v) is 11.6. The highest BCUT2D eigenvalue weighted by atomic mass is 16.5. The van der Waals surface area contributed by atoms with Gasteiger partial charge in [-0.3, -0.25) is 4.90 Å². The van der Waals surface area contributed by atoms with Gasteiger partial charge in [-0.2, -0.15) is 0 Å². The van der Waals surface area contributed by atoms with Crippen LogP contribution < -0.4 is 9.47 Å². The summed E-state index contributed by atoms with van der Waals surface area (Å²) in [6.07, 6.45) is 1.63. The summed E-state index contributed by atoms with van der Waals surface area (Å²) in [7, 11) is 1.67. The van der Waals surface area contributed by atoms with Crippen LogP contribution in [-0.2, 0) is 0 Å². The van der Waals surface area contributed by atoms with E-state index in [2.05, 4.69) is 18.7 Å². The molecule has 0 bridgehead atoms. The molecule has 0 spiro atoms. The molecule has 0 N–H and O–H groups in total. The molecule has 0 atom stereocenters. The van der Waals surface area contributed by atoms with Crippen molar-refractivity contribution in [3.8, 4) is 11.5 Å². The second kappa shape index (κ2) is 6.10. The van der Waals surface area contributed by atoms with Crippen LogP contribution in [0.5, 0.6) is 11.5 Å². The van der Waals surface area contributed by atoms with Crippen molar-refractivity contribution in [2.24, 2.45) is 5.92 Å². The van der Waals surface area contributed by atoms with E-state index < -0.39 is 0 Å². The molecule has 0 saturated carbocycles. The molecule has 1 aliphatic rings. The lowest BCUT2D eigenvalue weighted by Gasteiger charge is -2.39. The summed E-state index contributed by atoms with van der Waals surface area (Å²) in [5.41, 5.74) is 0. The van der Waals surface area contributed by atoms with Gasteiger partial charge in [0.25, 0.3) is 0 Å². The quantitative estimate of drug-likeness (QED) is 0.774. The molecule has 100 valence electrons. The number of methoxy groups -OCH3 is 1. The molecule has 1 saturated heterocycles. The first-order valence-electron chi connectivity index (χ1n) is 6.70. The fourth-order valence-electron chi connectivity index (χ4n) is 2.07. The number of benzene rings is 1. The lowest BCUT2D eigenvalue weighted by molar-refractivity contribution is 0.0174. The Labute approximate surface area is 110 Å². The van der Waals surface area contributed by atoms with Gasteiger partial charge in [0.15, 0.2) is 0 Å². The van der Waals surface area contributed by atoms with Crippen molar-refractivity contribution >= 4 is 0 Å². The molecule has 1 aliphatic heterocycles. The van der Waals surface area contributed by atoms with Crippen LogP contribution >= 0.6 is 0 Å². The van der Waals surface area contributed by atoms with Gasteiger partial charge in [0.05, 0.1) is 7.11 Å². The Balaban J connectivity index is 1.69. The average Bonchev–Trinajstić information content (AvgIpc) is 2.32. The predicted molar refractivity (Wildman–Crippen MR) is 73.3 cm³/mol. The minimum atomic E-state index is 0.352. The molecule has 0 radical (unpaired) electrons. The van der Waals surface area contributed by atoms with E-state index in [0.717, 1.165) is 30.5 Å². The fraction of sp³-hybridized carbons (Fsp3) is 0.600. The molecule has 1 heterocycles. The van der Waals surface area contributed by atoms with Crippen molar-refractivity contribution in [1.29, 1.82) is 0 Å². The summed E-state index contributed by atoms with van der Waals surface area (Å²) < 4.78 is 11.0. The highest BCUT2D eigenvalue weighted by Crippen LogP contribution is 2.21. The molecule has 2 rings (SSSR count). The summed E-state index contributed by atoms with van der Waals surface area (Å²) in [5, 5.41) is 0. The third kappa shape index (κ3) is 3.64. The van der Waals surface area contributed by atoms with E-state index in [9.17, 15) is 0 Å². The van der Waals surface area contributed by atoms with E-state index in [4.69, 9.17) is 9.47 Å². The predicted octanol–water partition coefficient (Wildman–Crippen LogP) is 2.80. The van der Waals surface area contributed by atoms with Gasteiger partial charge in [-0.1, -0.05) is 13.8 Å². The fourth-order valence-corrected chi connectivity index (χ4v) is 2.07. The van der Waals surface area contributed by atoms with Crippen LogP contribution in [-0.4, -0.2) is 37.7 Å². The molecule has 18 heavy (non-hydrogen) atoms. The van der Waals surface area contributed by atoms with Crippen molar-refractivity contribution in [2.75, 3.05) is 26.7 Å². The molecular weight excluding hydrogens is 226 g/mol. The van der Waals surface area contributed by atoms with Gasteiger partial charge in [-0.15, -0.1) is 0 Å². The number of hydrogen-bond donors (Lipinski definition) is 0. The molecule has 0 aromatic heterocycles. The van der Waals surface area contributed by atoms with E-state index in [1.54, 1.807) is 7.11 Å². The van der Waals surface area contributed by atoms with Gasteiger partial charge in [0, 0.05) is 13.1 Å². The maximum Gasteiger partial charge on any atom is 0.124 e. The minimum Gasteiger partial charge on any atom is -0.497 e. The van der Waals surface area contributed by atoms with Gasteiger partial charge in [-0.25, -0.2) is 0 Å². The van der Waals surface area contributed by atoms with Gasteiger partial charge in [0.1, 0.15) is 17.6 Å². The molecule has 3 heteroatoms. The summed E-state index contributed by atoms with van der Waals surface area (Å²) in [6.45, 7) is 7.84. The third-order valence-electron chi connectivity index (χ3n) is 3.31. The van der Waals surface area contributed by atoms with Crippen LogP contribution in [0.3, 0.4) is 0 Å². The maximum atomic E-state index is 5.89. The molecule has 0 amide bonds. The maximum absolute atomic E-state index is 5.89. The van der Waals surface area contributed by atoms with E-state index in [-0.39, 0.29) is 0 Å². The molecule has 1 fully saturated rings. The molecule has 1 aromatic rings. The smallest absolute Gasteiger partial charge is 0.124 e. The number of rotatable bonds is 6.